The van der Waals surface area contributed by atoms with Crippen LogP contribution in [0.2, 0.25) is 0 Å². The maximum absolute atomic E-state index is 12.8. The fourth-order valence-electron chi connectivity index (χ4n) is 3.68. The van der Waals surface area contributed by atoms with Crippen molar-refractivity contribution in [2.45, 2.75) is 59.2 Å². The molecule has 0 spiro atoms. The Morgan fingerprint density at radius 3 is 2.76 bits per heavy atom. The monoisotopic (exact) mass is 344 g/mol. The van der Waals surface area contributed by atoms with Crippen LogP contribution < -0.4 is 5.32 Å². The van der Waals surface area contributed by atoms with Gasteiger partial charge in [-0.3, -0.25) is 19.1 Å². The van der Waals surface area contributed by atoms with Crippen molar-refractivity contribution >= 4 is 11.6 Å². The highest BCUT2D eigenvalue weighted by atomic mass is 16.2. The normalized spacial score (nSPS) is 19.3. The zero-order valence-corrected chi connectivity index (χ0v) is 15.8. The Morgan fingerprint density at radius 2 is 2.16 bits per heavy atom. The minimum absolute atomic E-state index is 0.0303. The summed E-state index contributed by atoms with van der Waals surface area (Å²) in [4.78, 5) is 15.1. The summed E-state index contributed by atoms with van der Waals surface area (Å²) in [7, 11) is 1.89. The highest BCUT2D eigenvalue weighted by molar-refractivity contribution is 5.95. The molecule has 7 nitrogen and oxygen atoms in total. The molecule has 3 heterocycles. The van der Waals surface area contributed by atoms with Crippen molar-refractivity contribution in [1.29, 1.82) is 0 Å². The lowest BCUT2D eigenvalue weighted by atomic mass is 10.1. The number of nitrogens with zero attached hydrogens (tertiary/aromatic N) is 5. The van der Waals surface area contributed by atoms with E-state index in [4.69, 9.17) is 0 Å². The van der Waals surface area contributed by atoms with Gasteiger partial charge in [-0.1, -0.05) is 0 Å². The van der Waals surface area contributed by atoms with E-state index in [9.17, 15) is 4.79 Å². The first-order chi connectivity index (χ1) is 11.9. The average Bonchev–Trinajstić information content (AvgIpc) is 3.24. The quantitative estimate of drug-likeness (QED) is 0.901. The van der Waals surface area contributed by atoms with Crippen molar-refractivity contribution < 1.29 is 4.79 Å². The van der Waals surface area contributed by atoms with Crippen LogP contribution in [0, 0.1) is 20.8 Å². The summed E-state index contributed by atoms with van der Waals surface area (Å²) in [6.07, 6.45) is 6.15. The number of aromatic nitrogens is 4. The van der Waals surface area contributed by atoms with E-state index in [0.717, 1.165) is 48.6 Å². The van der Waals surface area contributed by atoms with E-state index >= 15 is 0 Å². The van der Waals surface area contributed by atoms with Crippen LogP contribution in [0.5, 0.6) is 0 Å². The molecule has 25 heavy (non-hydrogen) atoms. The maximum Gasteiger partial charge on any atom is 0.241 e. The molecule has 0 radical (unpaired) electrons. The van der Waals surface area contributed by atoms with Gasteiger partial charge in [-0.2, -0.15) is 10.2 Å². The molecule has 0 bridgehead atoms. The Labute approximate surface area is 149 Å². The summed E-state index contributed by atoms with van der Waals surface area (Å²) in [5.41, 5.74) is 3.82. The van der Waals surface area contributed by atoms with Gasteiger partial charge in [0.1, 0.15) is 0 Å². The predicted molar refractivity (Wildman–Crippen MR) is 97.5 cm³/mol. The van der Waals surface area contributed by atoms with Crippen molar-refractivity contribution in [3.63, 3.8) is 0 Å². The lowest BCUT2D eigenvalue weighted by molar-refractivity contribution is -0.121. The van der Waals surface area contributed by atoms with Crippen LogP contribution in [-0.2, 0) is 18.4 Å². The van der Waals surface area contributed by atoms with E-state index in [-0.39, 0.29) is 11.9 Å². The number of carbonyl (C=O) groups is 1. The van der Waals surface area contributed by atoms with E-state index in [2.05, 4.69) is 26.6 Å². The van der Waals surface area contributed by atoms with Gasteiger partial charge in [-0.15, -0.1) is 0 Å². The number of rotatable bonds is 5. The Hall–Kier alpha value is -2.15. The van der Waals surface area contributed by atoms with Gasteiger partial charge in [0.25, 0.3) is 0 Å². The van der Waals surface area contributed by atoms with Crippen LogP contribution in [0.3, 0.4) is 0 Å². The first-order valence-electron chi connectivity index (χ1n) is 8.92. The van der Waals surface area contributed by atoms with Gasteiger partial charge in [-0.25, -0.2) is 0 Å². The van der Waals surface area contributed by atoms with Gasteiger partial charge < -0.3 is 5.32 Å². The molecule has 1 aliphatic rings. The predicted octanol–water partition coefficient (Wildman–Crippen LogP) is 2.03. The molecule has 2 aromatic rings. The van der Waals surface area contributed by atoms with Crippen LogP contribution in [0.1, 0.15) is 36.7 Å². The van der Waals surface area contributed by atoms with E-state index in [1.54, 1.807) is 4.68 Å². The first kappa shape index (κ1) is 17.7. The minimum atomic E-state index is -0.178. The second-order valence-corrected chi connectivity index (χ2v) is 7.11. The van der Waals surface area contributed by atoms with Crippen LogP contribution in [0.25, 0.3) is 0 Å². The summed E-state index contributed by atoms with van der Waals surface area (Å²) in [5.74, 6) is 0.0303. The number of carbonyl (C=O) groups excluding carboxylic acids is 1. The minimum Gasteiger partial charge on any atom is -0.322 e. The molecule has 7 heteroatoms. The maximum atomic E-state index is 12.8. The molecule has 0 saturated carbocycles. The van der Waals surface area contributed by atoms with Crippen molar-refractivity contribution in [2.24, 2.45) is 7.05 Å². The third kappa shape index (κ3) is 3.61. The molecule has 0 aliphatic carbocycles. The standard InChI is InChI=1S/C18H28N6O/c1-12-9-19-23(10-12)11-16-7-6-8-24(16)15(4)18(25)20-17-13(2)21-22(5)14(17)3/h9-10,15-16H,6-8,11H2,1-5H3,(H,20,25)/t15-,16-/m0/s1. The zero-order valence-electron chi connectivity index (χ0n) is 15.8. The Kier molecular flexibility index (Phi) is 4.94. The SMILES string of the molecule is Cc1cnn(C[C@@H]2CCCN2[C@@H](C)C(=O)Nc2c(C)nn(C)c2C)c1. The number of likely N-dealkylation sites (tertiary alicyclic amines) is 1. The summed E-state index contributed by atoms with van der Waals surface area (Å²) < 4.78 is 3.78. The number of anilines is 1. The van der Waals surface area contributed by atoms with E-state index in [1.165, 1.54) is 0 Å². The number of nitrogens with one attached hydrogen (secondary N) is 1. The first-order valence-corrected chi connectivity index (χ1v) is 8.92. The topological polar surface area (TPSA) is 68.0 Å². The summed E-state index contributed by atoms with van der Waals surface area (Å²) in [5, 5.41) is 11.8. The molecule has 0 unspecified atom stereocenters. The Bertz CT molecular complexity index is 762. The lowest BCUT2D eigenvalue weighted by Crippen LogP contribution is -2.46. The fourth-order valence-corrected chi connectivity index (χ4v) is 3.68. The van der Waals surface area contributed by atoms with E-state index in [1.807, 2.05) is 45.6 Å². The molecular formula is C18H28N6O. The third-order valence-electron chi connectivity index (χ3n) is 5.22. The van der Waals surface area contributed by atoms with Crippen molar-refractivity contribution in [1.82, 2.24) is 24.5 Å². The summed E-state index contributed by atoms with van der Waals surface area (Å²) >= 11 is 0. The van der Waals surface area contributed by atoms with Gasteiger partial charge in [0.2, 0.25) is 5.91 Å². The molecule has 1 amide bonds. The number of aryl methyl sites for hydroxylation is 3. The van der Waals surface area contributed by atoms with Crippen molar-refractivity contribution in [2.75, 3.05) is 11.9 Å². The Morgan fingerprint density at radius 1 is 1.40 bits per heavy atom. The van der Waals surface area contributed by atoms with Crippen LogP contribution in [0.15, 0.2) is 12.4 Å². The summed E-state index contributed by atoms with van der Waals surface area (Å²) in [6.45, 7) is 9.71. The second kappa shape index (κ2) is 7.00. The third-order valence-corrected chi connectivity index (χ3v) is 5.22. The van der Waals surface area contributed by atoms with Gasteiger partial charge in [0.05, 0.1) is 35.9 Å². The molecule has 2 atom stereocenters. The van der Waals surface area contributed by atoms with E-state index in [0.29, 0.717) is 6.04 Å². The molecule has 1 fully saturated rings. The van der Waals surface area contributed by atoms with Crippen LogP contribution >= 0.6 is 0 Å². The van der Waals surface area contributed by atoms with Crippen molar-refractivity contribution in [3.8, 4) is 0 Å². The summed E-state index contributed by atoms with van der Waals surface area (Å²) in [6, 6.07) is 0.166. The van der Waals surface area contributed by atoms with Gasteiger partial charge in [0, 0.05) is 19.3 Å². The number of hydrogen-bond acceptors (Lipinski definition) is 4. The fraction of sp³-hybridized carbons (Fsp3) is 0.611. The highest BCUT2D eigenvalue weighted by Crippen LogP contribution is 2.24. The second-order valence-electron chi connectivity index (χ2n) is 7.11. The molecule has 3 rings (SSSR count). The smallest absolute Gasteiger partial charge is 0.241 e. The Balaban J connectivity index is 1.68. The molecule has 0 aromatic carbocycles. The van der Waals surface area contributed by atoms with E-state index < -0.39 is 0 Å². The zero-order chi connectivity index (χ0) is 18.1. The molecular weight excluding hydrogens is 316 g/mol. The number of hydrogen-bond donors (Lipinski definition) is 1. The van der Waals surface area contributed by atoms with Gasteiger partial charge in [0.15, 0.2) is 0 Å². The largest absolute Gasteiger partial charge is 0.322 e. The van der Waals surface area contributed by atoms with Crippen LogP contribution in [0.4, 0.5) is 5.69 Å². The van der Waals surface area contributed by atoms with Gasteiger partial charge in [-0.05, 0) is 52.6 Å². The highest BCUT2D eigenvalue weighted by Gasteiger charge is 2.32. The number of amides is 1. The van der Waals surface area contributed by atoms with Crippen molar-refractivity contribution in [3.05, 3.63) is 29.3 Å². The molecule has 1 N–H and O–H groups in total. The average molecular weight is 344 g/mol. The van der Waals surface area contributed by atoms with Gasteiger partial charge >= 0.3 is 0 Å². The molecule has 1 saturated heterocycles. The molecule has 136 valence electrons. The van der Waals surface area contributed by atoms with Crippen LogP contribution in [-0.4, -0.2) is 49.0 Å². The lowest BCUT2D eigenvalue weighted by Gasteiger charge is -2.29. The molecule has 2 aromatic heterocycles. The molecule has 1 aliphatic heterocycles.